The summed E-state index contributed by atoms with van der Waals surface area (Å²) in [6.07, 6.45) is 9.05. The van der Waals surface area contributed by atoms with Gasteiger partial charge >= 0.3 is 0 Å². The van der Waals surface area contributed by atoms with Gasteiger partial charge in [-0.15, -0.1) is 11.3 Å². The Labute approximate surface area is 89.8 Å². The highest BCUT2D eigenvalue weighted by Gasteiger charge is 2.13. The van der Waals surface area contributed by atoms with Crippen molar-refractivity contribution in [3.8, 4) is 0 Å². The molecule has 0 unspecified atom stereocenters. The largest absolute Gasteiger partial charge is 0.310 e. The fourth-order valence-electron chi connectivity index (χ4n) is 2.14. The van der Waals surface area contributed by atoms with Gasteiger partial charge in [0.1, 0.15) is 5.01 Å². The van der Waals surface area contributed by atoms with E-state index in [9.17, 15) is 0 Å². The van der Waals surface area contributed by atoms with Crippen molar-refractivity contribution in [2.24, 2.45) is 5.92 Å². The van der Waals surface area contributed by atoms with Crippen LogP contribution in [0.15, 0.2) is 11.6 Å². The summed E-state index contributed by atoms with van der Waals surface area (Å²) in [5.74, 6) is 0.999. The van der Waals surface area contributed by atoms with Gasteiger partial charge in [0.15, 0.2) is 0 Å². The molecule has 0 atom stereocenters. The molecule has 2 rings (SSSR count). The van der Waals surface area contributed by atoms with Gasteiger partial charge in [0, 0.05) is 18.1 Å². The van der Waals surface area contributed by atoms with Gasteiger partial charge < -0.3 is 5.32 Å². The number of nitrogens with one attached hydrogen (secondary N) is 1. The summed E-state index contributed by atoms with van der Waals surface area (Å²) >= 11 is 1.73. The second-order valence-electron chi connectivity index (χ2n) is 4.04. The van der Waals surface area contributed by atoms with E-state index in [0.29, 0.717) is 0 Å². The summed E-state index contributed by atoms with van der Waals surface area (Å²) in [5.41, 5.74) is 0. The fourth-order valence-corrected chi connectivity index (χ4v) is 2.73. The minimum absolute atomic E-state index is 0.949. The summed E-state index contributed by atoms with van der Waals surface area (Å²) < 4.78 is 0. The van der Waals surface area contributed by atoms with Crippen LogP contribution in [0.4, 0.5) is 0 Å². The van der Waals surface area contributed by atoms with E-state index in [1.807, 2.05) is 11.6 Å². The third-order valence-electron chi connectivity index (χ3n) is 2.96. The number of thiazole rings is 1. The van der Waals surface area contributed by atoms with Crippen LogP contribution in [0.5, 0.6) is 0 Å². The predicted molar refractivity (Wildman–Crippen MR) is 60.4 cm³/mol. The van der Waals surface area contributed by atoms with E-state index in [1.165, 1.54) is 37.1 Å². The molecule has 0 aliphatic heterocycles. The van der Waals surface area contributed by atoms with Crippen molar-refractivity contribution < 1.29 is 0 Å². The maximum atomic E-state index is 4.24. The zero-order valence-electron chi connectivity index (χ0n) is 8.54. The van der Waals surface area contributed by atoms with Crippen molar-refractivity contribution >= 4 is 11.3 Å². The molecule has 2 nitrogen and oxygen atoms in total. The molecular weight excluding hydrogens is 192 g/mol. The first-order valence-electron chi connectivity index (χ1n) is 5.54. The van der Waals surface area contributed by atoms with Crippen molar-refractivity contribution in [2.75, 3.05) is 6.54 Å². The lowest BCUT2D eigenvalue weighted by Gasteiger charge is -2.08. The first-order valence-corrected chi connectivity index (χ1v) is 6.42. The molecule has 0 aromatic carbocycles. The number of hydrogen-bond acceptors (Lipinski definition) is 3. The van der Waals surface area contributed by atoms with E-state index >= 15 is 0 Å². The SMILES string of the molecule is c1csc(CNCCC2CCCC2)n1. The first kappa shape index (κ1) is 10.1. The van der Waals surface area contributed by atoms with Crippen molar-refractivity contribution in [2.45, 2.75) is 38.6 Å². The average molecular weight is 210 g/mol. The van der Waals surface area contributed by atoms with Gasteiger partial charge in [-0.25, -0.2) is 4.98 Å². The van der Waals surface area contributed by atoms with Gasteiger partial charge in [-0.1, -0.05) is 25.7 Å². The molecule has 1 aliphatic rings. The number of aromatic nitrogens is 1. The van der Waals surface area contributed by atoms with E-state index in [4.69, 9.17) is 0 Å². The molecule has 1 saturated carbocycles. The van der Waals surface area contributed by atoms with E-state index in [2.05, 4.69) is 10.3 Å². The Morgan fingerprint density at radius 2 is 2.29 bits per heavy atom. The Kier molecular flexibility index (Phi) is 3.95. The third-order valence-corrected chi connectivity index (χ3v) is 3.74. The standard InChI is InChI=1S/C11H18N2S/c1-2-4-10(3-1)5-6-12-9-11-13-7-8-14-11/h7-8,10,12H,1-6,9H2. The topological polar surface area (TPSA) is 24.9 Å². The van der Waals surface area contributed by atoms with Crippen LogP contribution >= 0.6 is 11.3 Å². The van der Waals surface area contributed by atoms with Gasteiger partial charge in [-0.2, -0.15) is 0 Å². The van der Waals surface area contributed by atoms with E-state index in [-0.39, 0.29) is 0 Å². The van der Waals surface area contributed by atoms with Crippen LogP contribution in [0.2, 0.25) is 0 Å². The summed E-state index contributed by atoms with van der Waals surface area (Å²) in [4.78, 5) is 4.24. The first-order chi connectivity index (χ1) is 6.95. The molecule has 1 aromatic heterocycles. The third kappa shape index (κ3) is 3.07. The Morgan fingerprint density at radius 3 is 3.00 bits per heavy atom. The van der Waals surface area contributed by atoms with Crippen LogP contribution in [0.25, 0.3) is 0 Å². The van der Waals surface area contributed by atoms with Crippen molar-refractivity contribution in [3.05, 3.63) is 16.6 Å². The lowest BCUT2D eigenvalue weighted by molar-refractivity contribution is 0.477. The molecule has 0 spiro atoms. The van der Waals surface area contributed by atoms with Gasteiger partial charge in [-0.05, 0) is 18.9 Å². The highest BCUT2D eigenvalue weighted by molar-refractivity contribution is 7.09. The molecule has 0 bridgehead atoms. The second kappa shape index (κ2) is 5.47. The fraction of sp³-hybridized carbons (Fsp3) is 0.727. The van der Waals surface area contributed by atoms with Gasteiger partial charge in [0.2, 0.25) is 0 Å². The monoisotopic (exact) mass is 210 g/mol. The van der Waals surface area contributed by atoms with Gasteiger partial charge in [0.25, 0.3) is 0 Å². The Bertz CT molecular complexity index is 240. The molecule has 14 heavy (non-hydrogen) atoms. The van der Waals surface area contributed by atoms with Crippen LogP contribution < -0.4 is 5.32 Å². The zero-order chi connectivity index (χ0) is 9.64. The average Bonchev–Trinajstić information content (AvgIpc) is 2.86. The molecule has 0 radical (unpaired) electrons. The Hall–Kier alpha value is -0.410. The predicted octanol–water partition coefficient (Wildman–Crippen LogP) is 2.81. The van der Waals surface area contributed by atoms with Crippen LogP contribution in [-0.4, -0.2) is 11.5 Å². The normalized spacial score (nSPS) is 17.7. The molecule has 1 fully saturated rings. The summed E-state index contributed by atoms with van der Waals surface area (Å²) in [6.45, 7) is 2.11. The minimum Gasteiger partial charge on any atom is -0.310 e. The van der Waals surface area contributed by atoms with Crippen LogP contribution in [-0.2, 0) is 6.54 Å². The van der Waals surface area contributed by atoms with Crippen LogP contribution in [0, 0.1) is 5.92 Å². The maximum absolute atomic E-state index is 4.24. The molecule has 0 amide bonds. The maximum Gasteiger partial charge on any atom is 0.106 e. The van der Waals surface area contributed by atoms with Gasteiger partial charge in [-0.3, -0.25) is 0 Å². The van der Waals surface area contributed by atoms with Crippen molar-refractivity contribution in [1.29, 1.82) is 0 Å². The quantitative estimate of drug-likeness (QED) is 0.756. The van der Waals surface area contributed by atoms with Gasteiger partial charge in [0.05, 0.1) is 0 Å². The van der Waals surface area contributed by atoms with E-state index < -0.39 is 0 Å². The summed E-state index contributed by atoms with van der Waals surface area (Å²) in [5, 5.41) is 6.70. The summed E-state index contributed by atoms with van der Waals surface area (Å²) in [7, 11) is 0. The van der Waals surface area contributed by atoms with Crippen LogP contribution in [0.3, 0.4) is 0 Å². The number of nitrogens with zero attached hydrogens (tertiary/aromatic N) is 1. The number of rotatable bonds is 5. The lowest BCUT2D eigenvalue weighted by Crippen LogP contribution is -2.16. The highest BCUT2D eigenvalue weighted by atomic mass is 32.1. The minimum atomic E-state index is 0.949. The Balaban J connectivity index is 1.55. The second-order valence-corrected chi connectivity index (χ2v) is 5.02. The molecule has 1 aliphatic carbocycles. The molecule has 0 saturated heterocycles. The van der Waals surface area contributed by atoms with Crippen molar-refractivity contribution in [3.63, 3.8) is 0 Å². The van der Waals surface area contributed by atoms with E-state index in [0.717, 1.165) is 19.0 Å². The van der Waals surface area contributed by atoms with Crippen molar-refractivity contribution in [1.82, 2.24) is 10.3 Å². The molecule has 1 N–H and O–H groups in total. The molecule has 78 valence electrons. The zero-order valence-corrected chi connectivity index (χ0v) is 9.35. The van der Waals surface area contributed by atoms with Crippen LogP contribution in [0.1, 0.15) is 37.1 Å². The molecule has 3 heteroatoms. The van der Waals surface area contributed by atoms with E-state index in [1.54, 1.807) is 11.3 Å². The molecular formula is C11H18N2S. The smallest absolute Gasteiger partial charge is 0.106 e. The molecule has 1 aromatic rings. The highest BCUT2D eigenvalue weighted by Crippen LogP contribution is 2.26. The summed E-state index contributed by atoms with van der Waals surface area (Å²) in [6, 6.07) is 0. The molecule has 1 heterocycles. The lowest BCUT2D eigenvalue weighted by atomic mass is 10.0. The Morgan fingerprint density at radius 1 is 1.43 bits per heavy atom. The number of hydrogen-bond donors (Lipinski definition) is 1.